The number of non-ortho nitro benzene ring substituents is 1. The summed E-state index contributed by atoms with van der Waals surface area (Å²) in [7, 11) is 0. The quantitative estimate of drug-likeness (QED) is 0.489. The van der Waals surface area contributed by atoms with Crippen molar-refractivity contribution in [3.8, 4) is 0 Å². The molecular formula is C20H19N5O5. The van der Waals surface area contributed by atoms with Gasteiger partial charge < -0.3 is 0 Å². The molecule has 0 fully saturated rings. The topological polar surface area (TPSA) is 136 Å². The van der Waals surface area contributed by atoms with E-state index < -0.39 is 16.7 Å². The summed E-state index contributed by atoms with van der Waals surface area (Å²) in [5.41, 5.74) is 3.89. The summed E-state index contributed by atoms with van der Waals surface area (Å²) in [6.07, 6.45) is 0. The van der Waals surface area contributed by atoms with Crippen LogP contribution in [0, 0.1) is 16.0 Å². The van der Waals surface area contributed by atoms with E-state index in [0.717, 1.165) is 6.07 Å². The molecule has 0 saturated carbocycles. The first kappa shape index (κ1) is 20.6. The van der Waals surface area contributed by atoms with Crippen molar-refractivity contribution in [2.75, 3.05) is 0 Å². The number of hydrogen-bond acceptors (Lipinski definition) is 6. The van der Waals surface area contributed by atoms with Crippen LogP contribution in [0.5, 0.6) is 0 Å². The monoisotopic (exact) mass is 409 g/mol. The largest absolute Gasteiger partial charge is 0.290 e. The first-order valence-electron chi connectivity index (χ1n) is 9.13. The molecule has 0 aliphatic rings. The molecule has 0 bridgehead atoms. The second-order valence-electron chi connectivity index (χ2n) is 6.99. The maximum atomic E-state index is 12.7. The molecule has 0 unspecified atom stereocenters. The van der Waals surface area contributed by atoms with Crippen molar-refractivity contribution in [1.82, 2.24) is 20.6 Å². The Labute approximate surface area is 170 Å². The SMILES string of the molecule is CC(C)Cn1nc(C(=O)NNC(=O)c2cccc([N+](=O)[O-])c2)c2ccccc2c1=O. The number of carbonyl (C=O) groups excluding carboxylic acids is 2. The van der Waals surface area contributed by atoms with Crippen LogP contribution in [-0.2, 0) is 6.54 Å². The molecule has 30 heavy (non-hydrogen) atoms. The number of nitrogens with zero attached hydrogens (tertiary/aromatic N) is 3. The molecule has 10 heteroatoms. The van der Waals surface area contributed by atoms with Crippen LogP contribution in [0.1, 0.15) is 34.7 Å². The predicted molar refractivity (Wildman–Crippen MR) is 109 cm³/mol. The van der Waals surface area contributed by atoms with Crippen LogP contribution >= 0.6 is 0 Å². The number of nitro benzene ring substituents is 1. The van der Waals surface area contributed by atoms with E-state index >= 15 is 0 Å². The zero-order chi connectivity index (χ0) is 21.8. The van der Waals surface area contributed by atoms with E-state index in [-0.39, 0.29) is 28.4 Å². The lowest BCUT2D eigenvalue weighted by Crippen LogP contribution is -2.43. The summed E-state index contributed by atoms with van der Waals surface area (Å²) in [4.78, 5) is 47.8. The Balaban J connectivity index is 1.87. The highest BCUT2D eigenvalue weighted by Gasteiger charge is 2.18. The third-order valence-electron chi connectivity index (χ3n) is 4.23. The first-order valence-corrected chi connectivity index (χ1v) is 9.13. The van der Waals surface area contributed by atoms with Gasteiger partial charge in [-0.3, -0.25) is 35.3 Å². The van der Waals surface area contributed by atoms with Crippen LogP contribution in [0.4, 0.5) is 5.69 Å². The van der Waals surface area contributed by atoms with E-state index in [1.54, 1.807) is 24.3 Å². The Kier molecular flexibility index (Phi) is 5.86. The molecule has 2 aromatic carbocycles. The van der Waals surface area contributed by atoms with Crippen LogP contribution in [0.25, 0.3) is 10.8 Å². The lowest BCUT2D eigenvalue weighted by Gasteiger charge is -2.13. The standard InChI is InChI=1S/C20H19N5O5/c1-12(2)11-24-20(28)16-9-4-3-8-15(16)17(23-24)19(27)22-21-18(26)13-6-5-7-14(10-13)25(29)30/h3-10,12H,11H2,1-2H3,(H,21,26)(H,22,27). The maximum Gasteiger partial charge on any atom is 0.290 e. The third kappa shape index (κ3) is 4.32. The van der Waals surface area contributed by atoms with Gasteiger partial charge in [0.05, 0.1) is 10.3 Å². The molecule has 154 valence electrons. The molecule has 0 spiro atoms. The zero-order valence-electron chi connectivity index (χ0n) is 16.3. The number of hydrogen-bond donors (Lipinski definition) is 2. The molecule has 0 aliphatic carbocycles. The molecule has 0 atom stereocenters. The minimum atomic E-state index is -0.730. The number of nitrogens with one attached hydrogen (secondary N) is 2. The number of benzene rings is 2. The summed E-state index contributed by atoms with van der Waals surface area (Å²) < 4.78 is 1.23. The molecule has 3 aromatic rings. The lowest BCUT2D eigenvalue weighted by atomic mass is 10.1. The normalized spacial score (nSPS) is 10.8. The number of hydrazine groups is 1. The maximum absolute atomic E-state index is 12.7. The predicted octanol–water partition coefficient (Wildman–Crippen LogP) is 2.04. The Morgan fingerprint density at radius 3 is 2.40 bits per heavy atom. The van der Waals surface area contributed by atoms with Crippen LogP contribution < -0.4 is 16.4 Å². The van der Waals surface area contributed by atoms with Crippen molar-refractivity contribution in [3.63, 3.8) is 0 Å². The van der Waals surface area contributed by atoms with E-state index in [2.05, 4.69) is 16.0 Å². The number of rotatable bonds is 5. The highest BCUT2D eigenvalue weighted by molar-refractivity contribution is 6.06. The number of fused-ring (bicyclic) bond motifs is 1. The summed E-state index contributed by atoms with van der Waals surface area (Å²) in [6, 6.07) is 11.7. The second-order valence-corrected chi connectivity index (χ2v) is 6.99. The molecular weight excluding hydrogens is 390 g/mol. The zero-order valence-corrected chi connectivity index (χ0v) is 16.3. The fourth-order valence-electron chi connectivity index (χ4n) is 2.88. The van der Waals surface area contributed by atoms with Gasteiger partial charge in [0.15, 0.2) is 5.69 Å². The van der Waals surface area contributed by atoms with Crippen LogP contribution in [0.3, 0.4) is 0 Å². The van der Waals surface area contributed by atoms with Gasteiger partial charge in [0, 0.05) is 29.6 Å². The summed E-state index contributed by atoms with van der Waals surface area (Å²) in [5.74, 6) is -1.32. The molecule has 2 amide bonds. The average molecular weight is 409 g/mol. The van der Waals surface area contributed by atoms with Gasteiger partial charge >= 0.3 is 0 Å². The van der Waals surface area contributed by atoms with Gasteiger partial charge in [0.1, 0.15) is 0 Å². The van der Waals surface area contributed by atoms with Crippen LogP contribution in [-0.4, -0.2) is 26.5 Å². The number of aromatic nitrogens is 2. The molecule has 2 N–H and O–H groups in total. The van der Waals surface area contributed by atoms with Gasteiger partial charge in [-0.2, -0.15) is 5.10 Å². The van der Waals surface area contributed by atoms with Crippen LogP contribution in [0.2, 0.25) is 0 Å². The van der Waals surface area contributed by atoms with Crippen molar-refractivity contribution in [1.29, 1.82) is 0 Å². The first-order chi connectivity index (χ1) is 14.3. The summed E-state index contributed by atoms with van der Waals surface area (Å²) >= 11 is 0. The molecule has 0 saturated heterocycles. The summed E-state index contributed by atoms with van der Waals surface area (Å²) in [5, 5.41) is 15.7. The van der Waals surface area contributed by atoms with E-state index in [9.17, 15) is 24.5 Å². The number of nitro groups is 1. The average Bonchev–Trinajstić information content (AvgIpc) is 2.73. The van der Waals surface area contributed by atoms with Crippen molar-refractivity contribution < 1.29 is 14.5 Å². The van der Waals surface area contributed by atoms with Crippen molar-refractivity contribution in [3.05, 3.63) is 80.3 Å². The Hall–Kier alpha value is -4.08. The Morgan fingerprint density at radius 2 is 1.73 bits per heavy atom. The van der Waals surface area contributed by atoms with Crippen molar-refractivity contribution in [2.24, 2.45) is 5.92 Å². The molecule has 10 nitrogen and oxygen atoms in total. The Morgan fingerprint density at radius 1 is 1.07 bits per heavy atom. The third-order valence-corrected chi connectivity index (χ3v) is 4.23. The van der Waals surface area contributed by atoms with Crippen LogP contribution in [0.15, 0.2) is 53.3 Å². The smallest absolute Gasteiger partial charge is 0.267 e. The fraction of sp³-hybridized carbons (Fsp3) is 0.200. The van der Waals surface area contributed by atoms with Gasteiger partial charge in [-0.1, -0.05) is 38.1 Å². The highest BCUT2D eigenvalue weighted by atomic mass is 16.6. The van der Waals surface area contributed by atoms with E-state index in [4.69, 9.17) is 0 Å². The lowest BCUT2D eigenvalue weighted by molar-refractivity contribution is -0.384. The molecule has 1 heterocycles. The van der Waals surface area contributed by atoms with E-state index in [1.165, 1.54) is 22.9 Å². The highest BCUT2D eigenvalue weighted by Crippen LogP contribution is 2.14. The minimum Gasteiger partial charge on any atom is -0.267 e. The molecule has 3 rings (SSSR count). The van der Waals surface area contributed by atoms with Gasteiger partial charge in [-0.15, -0.1) is 0 Å². The minimum absolute atomic E-state index is 0.00657. The van der Waals surface area contributed by atoms with E-state index in [0.29, 0.717) is 17.3 Å². The Bertz CT molecular complexity index is 1200. The molecule has 0 aliphatic heterocycles. The van der Waals surface area contributed by atoms with Gasteiger partial charge in [0.2, 0.25) is 0 Å². The van der Waals surface area contributed by atoms with E-state index in [1.807, 2.05) is 13.8 Å². The fourth-order valence-corrected chi connectivity index (χ4v) is 2.88. The second kappa shape index (κ2) is 8.52. The number of carbonyl (C=O) groups is 2. The van der Waals surface area contributed by atoms with Gasteiger partial charge in [-0.25, -0.2) is 4.68 Å². The van der Waals surface area contributed by atoms with Gasteiger partial charge in [0.25, 0.3) is 23.1 Å². The van der Waals surface area contributed by atoms with Gasteiger partial charge in [-0.05, 0) is 18.1 Å². The summed E-state index contributed by atoms with van der Waals surface area (Å²) in [6.45, 7) is 4.16. The molecule has 0 radical (unpaired) electrons. The molecule has 1 aromatic heterocycles. The van der Waals surface area contributed by atoms with Crippen molar-refractivity contribution in [2.45, 2.75) is 20.4 Å². The van der Waals surface area contributed by atoms with Crippen molar-refractivity contribution >= 4 is 28.3 Å². The number of amides is 2.